The first-order valence-electron chi connectivity index (χ1n) is 9.43. The van der Waals surface area contributed by atoms with Crippen LogP contribution in [-0.4, -0.2) is 50.2 Å². The first-order chi connectivity index (χ1) is 12.0. The normalized spacial score (nSPS) is 21.0. The third-order valence-corrected chi connectivity index (χ3v) is 4.46. The van der Waals surface area contributed by atoms with Crippen molar-refractivity contribution >= 4 is 5.91 Å². The highest BCUT2D eigenvalue weighted by Crippen LogP contribution is 2.28. The fraction of sp³-hybridized carbons (Fsp3) is 0.650. The molecule has 0 aromatic heterocycles. The average molecular weight is 348 g/mol. The number of nitrogens with one attached hydrogen (secondary N) is 1. The minimum Gasteiger partial charge on any atom is -0.490 e. The van der Waals surface area contributed by atoms with Gasteiger partial charge in [-0.05, 0) is 50.3 Å². The Hall–Kier alpha value is -1.75. The summed E-state index contributed by atoms with van der Waals surface area (Å²) < 4.78 is 11.1. The zero-order valence-electron chi connectivity index (χ0n) is 16.0. The Balaban J connectivity index is 1.88. The maximum absolute atomic E-state index is 12.4. The van der Waals surface area contributed by atoms with Gasteiger partial charge in [-0.15, -0.1) is 0 Å². The maximum atomic E-state index is 12.4. The molecule has 1 aliphatic rings. The van der Waals surface area contributed by atoms with Gasteiger partial charge in [0.2, 0.25) is 0 Å². The highest BCUT2D eigenvalue weighted by Gasteiger charge is 2.21. The molecule has 0 bridgehead atoms. The van der Waals surface area contributed by atoms with E-state index >= 15 is 0 Å². The molecule has 2 atom stereocenters. The molecule has 1 amide bonds. The molecule has 1 aromatic carbocycles. The van der Waals surface area contributed by atoms with E-state index in [0.717, 1.165) is 31.5 Å². The first kappa shape index (κ1) is 19.6. The molecule has 1 aliphatic heterocycles. The van der Waals surface area contributed by atoms with E-state index in [1.165, 1.54) is 6.42 Å². The van der Waals surface area contributed by atoms with Gasteiger partial charge in [-0.2, -0.15) is 0 Å². The number of likely N-dealkylation sites (tertiary alicyclic amines) is 1. The lowest BCUT2D eigenvalue weighted by atomic mass is 9.92. The zero-order valence-corrected chi connectivity index (χ0v) is 16.0. The van der Waals surface area contributed by atoms with E-state index in [1.54, 1.807) is 18.2 Å². The number of benzene rings is 1. The molecule has 1 N–H and O–H groups in total. The Kier molecular flexibility index (Phi) is 7.56. The summed E-state index contributed by atoms with van der Waals surface area (Å²) in [6.07, 6.45) is 1.30. The van der Waals surface area contributed by atoms with Gasteiger partial charge < -0.3 is 19.7 Å². The zero-order chi connectivity index (χ0) is 18.2. The van der Waals surface area contributed by atoms with Crippen molar-refractivity contribution in [1.82, 2.24) is 10.2 Å². The Morgan fingerprint density at radius 1 is 1.12 bits per heavy atom. The number of hydrogen-bond donors (Lipinski definition) is 1. The van der Waals surface area contributed by atoms with Gasteiger partial charge in [0.15, 0.2) is 11.5 Å². The van der Waals surface area contributed by atoms with Gasteiger partial charge in [0.25, 0.3) is 5.91 Å². The predicted octanol–water partition coefficient (Wildman–Crippen LogP) is 3.19. The molecule has 1 fully saturated rings. The Morgan fingerprint density at radius 3 is 2.40 bits per heavy atom. The third-order valence-electron chi connectivity index (χ3n) is 4.46. The van der Waals surface area contributed by atoms with Crippen molar-refractivity contribution in [3.63, 3.8) is 0 Å². The maximum Gasteiger partial charge on any atom is 0.251 e. The molecule has 1 heterocycles. The molecule has 0 spiro atoms. The number of rotatable bonds is 8. The van der Waals surface area contributed by atoms with Crippen LogP contribution in [0.1, 0.15) is 44.5 Å². The van der Waals surface area contributed by atoms with Crippen LogP contribution in [0.15, 0.2) is 18.2 Å². The molecule has 0 saturated carbocycles. The van der Waals surface area contributed by atoms with Gasteiger partial charge in [0.05, 0.1) is 13.2 Å². The second kappa shape index (κ2) is 9.66. The smallest absolute Gasteiger partial charge is 0.251 e. The van der Waals surface area contributed by atoms with E-state index in [-0.39, 0.29) is 5.91 Å². The van der Waals surface area contributed by atoms with E-state index in [0.29, 0.717) is 36.8 Å². The summed E-state index contributed by atoms with van der Waals surface area (Å²) in [4.78, 5) is 14.9. The van der Waals surface area contributed by atoms with Crippen LogP contribution < -0.4 is 14.8 Å². The lowest BCUT2D eigenvalue weighted by Crippen LogP contribution is -2.42. The predicted molar refractivity (Wildman–Crippen MR) is 100 cm³/mol. The minimum atomic E-state index is -0.0675. The van der Waals surface area contributed by atoms with Crippen LogP contribution in [0.5, 0.6) is 11.5 Å². The second-order valence-electron chi connectivity index (χ2n) is 6.99. The summed E-state index contributed by atoms with van der Waals surface area (Å²) in [5, 5.41) is 3.02. The second-order valence-corrected chi connectivity index (χ2v) is 6.99. The van der Waals surface area contributed by atoms with Crippen LogP contribution in [0, 0.1) is 11.8 Å². The topological polar surface area (TPSA) is 50.8 Å². The highest BCUT2D eigenvalue weighted by molar-refractivity contribution is 5.94. The number of amides is 1. The minimum absolute atomic E-state index is 0.0675. The molecule has 140 valence electrons. The standard InChI is InChI=1S/C20H32N2O3/c1-5-24-18-8-7-17(12-19(18)25-6-2)20(23)21-9-10-22-13-15(3)11-16(4)14-22/h7-8,12,15-16H,5-6,9-11,13-14H2,1-4H3,(H,21,23)/t15-,16+. The molecule has 25 heavy (non-hydrogen) atoms. The number of ether oxygens (including phenoxy) is 2. The van der Waals surface area contributed by atoms with Crippen LogP contribution >= 0.6 is 0 Å². The van der Waals surface area contributed by atoms with E-state index < -0.39 is 0 Å². The van der Waals surface area contributed by atoms with Crippen LogP contribution in [-0.2, 0) is 0 Å². The largest absolute Gasteiger partial charge is 0.490 e. The Labute approximate surface area is 151 Å². The van der Waals surface area contributed by atoms with Crippen molar-refractivity contribution in [3.05, 3.63) is 23.8 Å². The molecular weight excluding hydrogens is 316 g/mol. The van der Waals surface area contributed by atoms with Gasteiger partial charge in [-0.3, -0.25) is 4.79 Å². The molecule has 1 saturated heterocycles. The van der Waals surface area contributed by atoms with E-state index in [1.807, 2.05) is 13.8 Å². The quantitative estimate of drug-likeness (QED) is 0.784. The molecule has 0 radical (unpaired) electrons. The Morgan fingerprint density at radius 2 is 1.76 bits per heavy atom. The molecule has 5 nitrogen and oxygen atoms in total. The summed E-state index contributed by atoms with van der Waals surface area (Å²) >= 11 is 0. The van der Waals surface area contributed by atoms with Crippen LogP contribution in [0.3, 0.4) is 0 Å². The summed E-state index contributed by atoms with van der Waals surface area (Å²) in [5.74, 6) is 2.70. The number of carbonyl (C=O) groups is 1. The van der Waals surface area contributed by atoms with Crippen LogP contribution in [0.2, 0.25) is 0 Å². The monoisotopic (exact) mass is 348 g/mol. The van der Waals surface area contributed by atoms with Crippen molar-refractivity contribution in [1.29, 1.82) is 0 Å². The van der Waals surface area contributed by atoms with E-state index in [9.17, 15) is 4.79 Å². The number of carbonyl (C=O) groups excluding carboxylic acids is 1. The first-order valence-corrected chi connectivity index (χ1v) is 9.43. The summed E-state index contributed by atoms with van der Waals surface area (Å²) in [5.41, 5.74) is 0.604. The number of hydrogen-bond acceptors (Lipinski definition) is 4. The molecular formula is C20H32N2O3. The van der Waals surface area contributed by atoms with Gasteiger partial charge >= 0.3 is 0 Å². The van der Waals surface area contributed by atoms with E-state index in [4.69, 9.17) is 9.47 Å². The molecule has 2 rings (SSSR count). The lowest BCUT2D eigenvalue weighted by molar-refractivity contribution is 0.0936. The van der Waals surface area contributed by atoms with Crippen molar-refractivity contribution in [2.75, 3.05) is 39.4 Å². The Bertz CT molecular complexity index is 552. The molecule has 1 aromatic rings. The van der Waals surface area contributed by atoms with Gasteiger partial charge in [0, 0.05) is 31.7 Å². The van der Waals surface area contributed by atoms with Gasteiger partial charge in [-0.25, -0.2) is 0 Å². The molecule has 0 unspecified atom stereocenters. The van der Waals surface area contributed by atoms with Crippen molar-refractivity contribution < 1.29 is 14.3 Å². The van der Waals surface area contributed by atoms with Crippen molar-refractivity contribution in [2.45, 2.75) is 34.1 Å². The van der Waals surface area contributed by atoms with Gasteiger partial charge in [-0.1, -0.05) is 13.8 Å². The SMILES string of the molecule is CCOc1ccc(C(=O)NCCN2C[C@H](C)C[C@H](C)C2)cc1OCC. The summed E-state index contributed by atoms with van der Waals surface area (Å²) in [6, 6.07) is 5.35. The fourth-order valence-corrected chi connectivity index (χ4v) is 3.60. The highest BCUT2D eigenvalue weighted by atomic mass is 16.5. The fourth-order valence-electron chi connectivity index (χ4n) is 3.60. The molecule has 0 aliphatic carbocycles. The van der Waals surface area contributed by atoms with Crippen LogP contribution in [0.25, 0.3) is 0 Å². The average Bonchev–Trinajstić information content (AvgIpc) is 2.56. The van der Waals surface area contributed by atoms with E-state index in [2.05, 4.69) is 24.1 Å². The van der Waals surface area contributed by atoms with Crippen molar-refractivity contribution in [3.8, 4) is 11.5 Å². The number of nitrogens with zero attached hydrogens (tertiary/aromatic N) is 1. The third kappa shape index (κ3) is 5.92. The lowest BCUT2D eigenvalue weighted by Gasteiger charge is -2.34. The summed E-state index contributed by atoms with van der Waals surface area (Å²) in [7, 11) is 0. The summed E-state index contributed by atoms with van der Waals surface area (Å²) in [6.45, 7) is 13.4. The number of piperidine rings is 1. The van der Waals surface area contributed by atoms with Gasteiger partial charge in [0.1, 0.15) is 0 Å². The van der Waals surface area contributed by atoms with Crippen LogP contribution in [0.4, 0.5) is 0 Å². The molecule has 5 heteroatoms. The van der Waals surface area contributed by atoms with Crippen molar-refractivity contribution in [2.24, 2.45) is 11.8 Å².